The summed E-state index contributed by atoms with van der Waals surface area (Å²) < 4.78 is 18.1. The highest BCUT2D eigenvalue weighted by Crippen LogP contribution is 2.25. The lowest BCUT2D eigenvalue weighted by atomic mass is 10.1. The second kappa shape index (κ2) is 3.10. The zero-order valence-corrected chi connectivity index (χ0v) is 7.49. The number of hydrogen-bond acceptors (Lipinski definition) is 4. The van der Waals surface area contributed by atoms with Gasteiger partial charge in [0.2, 0.25) is 11.7 Å². The van der Waals surface area contributed by atoms with E-state index in [0.717, 1.165) is 0 Å². The van der Waals surface area contributed by atoms with Crippen molar-refractivity contribution in [2.24, 2.45) is 0 Å². The molecule has 2 N–H and O–H groups in total. The molecule has 1 aromatic heterocycles. The first-order valence-electron chi connectivity index (χ1n) is 4.03. The third kappa shape index (κ3) is 1.32. The summed E-state index contributed by atoms with van der Waals surface area (Å²) in [5, 5.41) is 3.60. The maximum atomic E-state index is 13.3. The molecule has 4 nitrogen and oxygen atoms in total. The van der Waals surface area contributed by atoms with Crippen LogP contribution in [-0.2, 0) is 0 Å². The van der Waals surface area contributed by atoms with E-state index in [1.54, 1.807) is 13.0 Å². The normalized spacial score (nSPS) is 10.4. The molecule has 0 amide bonds. The third-order valence-electron chi connectivity index (χ3n) is 1.80. The van der Waals surface area contributed by atoms with Crippen molar-refractivity contribution in [2.45, 2.75) is 6.92 Å². The highest BCUT2D eigenvalue weighted by molar-refractivity contribution is 5.71. The summed E-state index contributed by atoms with van der Waals surface area (Å²) in [6, 6.07) is 4.42. The zero-order chi connectivity index (χ0) is 10.1. The molecule has 0 spiro atoms. The summed E-state index contributed by atoms with van der Waals surface area (Å²) in [7, 11) is 0. The Balaban J connectivity index is 2.61. The number of nitrogens with zero attached hydrogens (tertiary/aromatic N) is 2. The second-order valence-electron chi connectivity index (χ2n) is 2.84. The number of hydrogen-bond donors (Lipinski definition) is 1. The molecule has 2 aromatic rings. The van der Waals surface area contributed by atoms with E-state index in [1.165, 1.54) is 12.1 Å². The average molecular weight is 193 g/mol. The van der Waals surface area contributed by atoms with Crippen molar-refractivity contribution in [3.8, 4) is 11.4 Å². The summed E-state index contributed by atoms with van der Waals surface area (Å²) in [4.78, 5) is 3.90. The van der Waals surface area contributed by atoms with Crippen molar-refractivity contribution < 1.29 is 8.91 Å². The van der Waals surface area contributed by atoms with Crippen LogP contribution >= 0.6 is 0 Å². The molecular weight excluding hydrogens is 185 g/mol. The first kappa shape index (κ1) is 8.68. The lowest BCUT2D eigenvalue weighted by molar-refractivity contribution is 0.394. The first-order chi connectivity index (χ1) is 6.68. The van der Waals surface area contributed by atoms with Gasteiger partial charge in [-0.3, -0.25) is 0 Å². The number of aryl methyl sites for hydroxylation is 1. The van der Waals surface area contributed by atoms with Gasteiger partial charge in [0.1, 0.15) is 5.82 Å². The minimum absolute atomic E-state index is 0.179. The topological polar surface area (TPSA) is 64.9 Å². The quantitative estimate of drug-likeness (QED) is 0.701. The summed E-state index contributed by atoms with van der Waals surface area (Å²) in [5.74, 6) is 0.103. The molecule has 1 aromatic carbocycles. The van der Waals surface area contributed by atoms with Gasteiger partial charge in [0.15, 0.2) is 0 Å². The number of nitrogen functional groups attached to an aromatic ring is 1. The number of nitrogens with two attached hydrogens (primary N) is 1. The van der Waals surface area contributed by atoms with Crippen LogP contribution < -0.4 is 5.73 Å². The fourth-order valence-electron chi connectivity index (χ4n) is 1.18. The summed E-state index contributed by atoms with van der Waals surface area (Å²) in [6.07, 6.45) is 0. The van der Waals surface area contributed by atoms with Crippen molar-refractivity contribution in [1.82, 2.24) is 10.1 Å². The molecular formula is C9H8FN3O. The molecule has 14 heavy (non-hydrogen) atoms. The van der Waals surface area contributed by atoms with Crippen LogP contribution in [0.1, 0.15) is 5.89 Å². The Morgan fingerprint density at radius 2 is 2.21 bits per heavy atom. The SMILES string of the molecule is Cc1nc(-c2c(N)cccc2F)no1. The third-order valence-corrected chi connectivity index (χ3v) is 1.80. The fourth-order valence-corrected chi connectivity index (χ4v) is 1.18. The predicted molar refractivity (Wildman–Crippen MR) is 48.8 cm³/mol. The first-order valence-corrected chi connectivity index (χ1v) is 4.03. The molecule has 0 fully saturated rings. The molecule has 0 aliphatic carbocycles. The van der Waals surface area contributed by atoms with Gasteiger partial charge in [-0.1, -0.05) is 11.2 Å². The van der Waals surface area contributed by atoms with E-state index in [9.17, 15) is 4.39 Å². The predicted octanol–water partition coefficient (Wildman–Crippen LogP) is 1.77. The average Bonchev–Trinajstić information content (AvgIpc) is 2.51. The standard InChI is InChI=1S/C9H8FN3O/c1-5-12-9(13-14-5)8-6(10)3-2-4-7(8)11/h2-4H,11H2,1H3. The van der Waals surface area contributed by atoms with Crippen LogP contribution in [0.4, 0.5) is 10.1 Å². The van der Waals surface area contributed by atoms with Gasteiger partial charge >= 0.3 is 0 Å². The van der Waals surface area contributed by atoms with E-state index in [1.807, 2.05) is 0 Å². The van der Waals surface area contributed by atoms with Crippen LogP contribution in [0.2, 0.25) is 0 Å². The Morgan fingerprint density at radius 3 is 2.79 bits per heavy atom. The Labute approximate surface area is 79.5 Å². The number of benzene rings is 1. The van der Waals surface area contributed by atoms with E-state index < -0.39 is 5.82 Å². The molecule has 0 aliphatic rings. The molecule has 0 aliphatic heterocycles. The largest absolute Gasteiger partial charge is 0.398 e. The van der Waals surface area contributed by atoms with Gasteiger partial charge in [-0.25, -0.2) is 4.39 Å². The van der Waals surface area contributed by atoms with Crippen LogP contribution in [0.3, 0.4) is 0 Å². The maximum absolute atomic E-state index is 13.3. The van der Waals surface area contributed by atoms with Gasteiger partial charge in [-0.15, -0.1) is 0 Å². The van der Waals surface area contributed by atoms with E-state index in [-0.39, 0.29) is 11.4 Å². The minimum Gasteiger partial charge on any atom is -0.398 e. The van der Waals surface area contributed by atoms with Crippen molar-refractivity contribution in [3.05, 3.63) is 29.9 Å². The van der Waals surface area contributed by atoms with Crippen LogP contribution in [-0.4, -0.2) is 10.1 Å². The van der Waals surface area contributed by atoms with Gasteiger partial charge in [-0.05, 0) is 12.1 Å². The molecule has 0 saturated heterocycles. The number of anilines is 1. The lowest BCUT2D eigenvalue weighted by Gasteiger charge is -2.00. The highest BCUT2D eigenvalue weighted by atomic mass is 19.1. The van der Waals surface area contributed by atoms with Crippen LogP contribution in [0.25, 0.3) is 11.4 Å². The highest BCUT2D eigenvalue weighted by Gasteiger charge is 2.13. The van der Waals surface area contributed by atoms with E-state index in [0.29, 0.717) is 11.6 Å². The Morgan fingerprint density at radius 1 is 1.43 bits per heavy atom. The minimum atomic E-state index is -0.453. The second-order valence-corrected chi connectivity index (χ2v) is 2.84. The fraction of sp³-hybridized carbons (Fsp3) is 0.111. The van der Waals surface area contributed by atoms with Gasteiger partial charge in [0.25, 0.3) is 0 Å². The molecule has 2 rings (SSSR count). The smallest absolute Gasteiger partial charge is 0.223 e. The van der Waals surface area contributed by atoms with Crippen LogP contribution in [0.5, 0.6) is 0 Å². The molecule has 0 atom stereocenters. The van der Waals surface area contributed by atoms with Crippen molar-refractivity contribution in [3.63, 3.8) is 0 Å². The van der Waals surface area contributed by atoms with E-state index in [4.69, 9.17) is 10.3 Å². The van der Waals surface area contributed by atoms with Crippen molar-refractivity contribution in [1.29, 1.82) is 0 Å². The zero-order valence-electron chi connectivity index (χ0n) is 7.49. The van der Waals surface area contributed by atoms with Gasteiger partial charge < -0.3 is 10.3 Å². The Bertz CT molecular complexity index is 447. The van der Waals surface area contributed by atoms with Crippen molar-refractivity contribution >= 4 is 5.69 Å². The Hall–Kier alpha value is -1.91. The summed E-state index contributed by atoms with van der Waals surface area (Å²) in [5.41, 5.74) is 6.08. The van der Waals surface area contributed by atoms with E-state index in [2.05, 4.69) is 10.1 Å². The van der Waals surface area contributed by atoms with Crippen LogP contribution in [0.15, 0.2) is 22.7 Å². The molecule has 0 radical (unpaired) electrons. The number of aromatic nitrogens is 2. The van der Waals surface area contributed by atoms with Crippen molar-refractivity contribution in [2.75, 3.05) is 5.73 Å². The van der Waals surface area contributed by atoms with Gasteiger partial charge in [0, 0.05) is 12.6 Å². The number of halogens is 1. The summed E-state index contributed by atoms with van der Waals surface area (Å²) >= 11 is 0. The monoisotopic (exact) mass is 193 g/mol. The van der Waals surface area contributed by atoms with Gasteiger partial charge in [0.05, 0.1) is 5.56 Å². The summed E-state index contributed by atoms with van der Waals surface area (Å²) in [6.45, 7) is 1.63. The molecule has 1 heterocycles. The molecule has 0 bridgehead atoms. The molecule has 72 valence electrons. The molecule has 0 unspecified atom stereocenters. The maximum Gasteiger partial charge on any atom is 0.223 e. The van der Waals surface area contributed by atoms with E-state index >= 15 is 0 Å². The van der Waals surface area contributed by atoms with Crippen LogP contribution in [0, 0.1) is 12.7 Å². The number of rotatable bonds is 1. The lowest BCUT2D eigenvalue weighted by Crippen LogP contribution is -1.94. The Kier molecular flexibility index (Phi) is 1.92. The molecule has 0 saturated carbocycles. The molecule has 5 heteroatoms. The van der Waals surface area contributed by atoms with Gasteiger partial charge in [-0.2, -0.15) is 4.98 Å².